The zero-order valence-electron chi connectivity index (χ0n) is 15.1. The van der Waals surface area contributed by atoms with Crippen molar-refractivity contribution in [1.82, 2.24) is 0 Å². The Morgan fingerprint density at radius 1 is 1.27 bits per heavy atom. The first-order valence-corrected chi connectivity index (χ1v) is 9.08. The number of carbonyl (C=O) groups is 2. The van der Waals surface area contributed by atoms with Crippen molar-refractivity contribution in [3.63, 3.8) is 0 Å². The Labute approximate surface area is 162 Å². The first kappa shape index (κ1) is 20.5. The largest absolute Gasteiger partial charge is 0.481 e. The number of esters is 1. The summed E-state index contributed by atoms with van der Waals surface area (Å²) in [7, 11) is 0. The minimum atomic E-state index is -1.23. The van der Waals surface area contributed by atoms with Gasteiger partial charge in [0.15, 0.2) is 0 Å². The van der Waals surface area contributed by atoms with Gasteiger partial charge in [-0.2, -0.15) is 0 Å². The van der Waals surface area contributed by atoms with E-state index in [-0.39, 0.29) is 12.2 Å². The summed E-state index contributed by atoms with van der Waals surface area (Å²) < 4.78 is 5.23. The Balaban J connectivity index is 2.93. The topological polar surface area (TPSA) is 76.0 Å². The number of halogens is 2. The lowest BCUT2D eigenvalue weighted by Crippen LogP contribution is -2.49. The molecule has 0 radical (unpaired) electrons. The fourth-order valence-electron chi connectivity index (χ4n) is 3.83. The predicted octanol–water partition coefficient (Wildman–Crippen LogP) is 4.65. The summed E-state index contributed by atoms with van der Waals surface area (Å²) in [6.45, 7) is 7.00. The van der Waals surface area contributed by atoms with Crippen LogP contribution in [-0.4, -0.2) is 29.4 Å². The maximum atomic E-state index is 12.8. The minimum Gasteiger partial charge on any atom is -0.481 e. The zero-order valence-corrected chi connectivity index (χ0v) is 16.6. The molecule has 0 saturated heterocycles. The van der Waals surface area contributed by atoms with E-state index >= 15 is 0 Å². The lowest BCUT2D eigenvalue weighted by Gasteiger charge is -2.43. The second-order valence-electron chi connectivity index (χ2n) is 6.15. The molecule has 1 aliphatic rings. The lowest BCUT2D eigenvalue weighted by molar-refractivity contribution is -0.143. The number of nitrogens with zero attached hydrogens (tertiary/aromatic N) is 1. The molecule has 1 heterocycles. The van der Waals surface area contributed by atoms with Gasteiger partial charge in [-0.1, -0.05) is 30.1 Å². The second-order valence-corrected chi connectivity index (χ2v) is 7.00. The van der Waals surface area contributed by atoms with Crippen LogP contribution in [0.3, 0.4) is 0 Å². The van der Waals surface area contributed by atoms with Gasteiger partial charge >= 0.3 is 11.9 Å². The van der Waals surface area contributed by atoms with Gasteiger partial charge in [-0.15, -0.1) is 0 Å². The van der Waals surface area contributed by atoms with E-state index < -0.39 is 23.3 Å². The molecule has 0 bridgehead atoms. The van der Waals surface area contributed by atoms with Crippen molar-refractivity contribution < 1.29 is 19.4 Å². The fraction of sp³-hybridized carbons (Fsp3) is 0.421. The van der Waals surface area contributed by atoms with Crippen LogP contribution >= 0.6 is 23.2 Å². The molecule has 5 nitrogen and oxygen atoms in total. The van der Waals surface area contributed by atoms with E-state index in [1.165, 1.54) is 0 Å². The summed E-state index contributed by atoms with van der Waals surface area (Å²) in [5.41, 5.74) is 0.301. The smallest absolute Gasteiger partial charge is 0.336 e. The van der Waals surface area contributed by atoms with Crippen molar-refractivity contribution in [3.05, 3.63) is 45.1 Å². The molecule has 140 valence electrons. The van der Waals surface area contributed by atoms with Gasteiger partial charge in [0.05, 0.1) is 12.2 Å². The number of rotatable bonds is 5. The highest BCUT2D eigenvalue weighted by molar-refractivity contribution is 6.34. The first-order chi connectivity index (χ1) is 12.2. The van der Waals surface area contributed by atoms with Gasteiger partial charge in [-0.05, 0) is 51.0 Å². The Morgan fingerprint density at radius 3 is 2.46 bits per heavy atom. The number of hydrogen-bond acceptors (Lipinski definition) is 4. The molecule has 0 aromatic heterocycles. The SMILES string of the molecule is CCOC(=O)C1=C(C)N=C(C)C(C(=O)O)C1(CC)c1cc(Cl)ccc1Cl. The van der Waals surface area contributed by atoms with Crippen LogP contribution in [0, 0.1) is 5.92 Å². The standard InChI is InChI=1S/C19H21Cl2NO4/c1-5-19(13-9-12(20)7-8-14(13)21)15(17(23)24)10(3)22-11(4)16(19)18(25)26-6-2/h7-9,15H,5-6H2,1-4H3,(H,23,24). The molecular formula is C19H21Cl2NO4. The van der Waals surface area contributed by atoms with Gasteiger partial charge in [0, 0.05) is 26.9 Å². The van der Waals surface area contributed by atoms with E-state index in [0.29, 0.717) is 33.4 Å². The number of hydrogen-bond donors (Lipinski definition) is 1. The van der Waals surface area contributed by atoms with Crippen molar-refractivity contribution in [2.24, 2.45) is 10.9 Å². The first-order valence-electron chi connectivity index (χ1n) is 8.32. The van der Waals surface area contributed by atoms with E-state index in [9.17, 15) is 14.7 Å². The van der Waals surface area contributed by atoms with Gasteiger partial charge in [0.2, 0.25) is 0 Å². The number of aliphatic carboxylic acids is 1. The number of aliphatic imine (C=N–C) groups is 1. The molecule has 2 rings (SSSR count). The molecule has 1 aromatic carbocycles. The molecule has 7 heteroatoms. The Kier molecular flexibility index (Phi) is 6.14. The monoisotopic (exact) mass is 397 g/mol. The van der Waals surface area contributed by atoms with Crippen LogP contribution in [0.25, 0.3) is 0 Å². The van der Waals surface area contributed by atoms with E-state index in [0.717, 1.165) is 0 Å². The third-order valence-electron chi connectivity index (χ3n) is 4.76. The maximum absolute atomic E-state index is 12.8. The molecule has 2 unspecified atom stereocenters. The average Bonchev–Trinajstić information content (AvgIpc) is 2.55. The predicted molar refractivity (Wildman–Crippen MR) is 102 cm³/mol. The number of carboxylic acids is 1. The summed E-state index contributed by atoms with van der Waals surface area (Å²) in [6.07, 6.45) is 0.308. The number of allylic oxidation sites excluding steroid dienone is 1. The number of ether oxygens (including phenoxy) is 1. The van der Waals surface area contributed by atoms with Gasteiger partial charge in [-0.25, -0.2) is 4.79 Å². The zero-order chi connectivity index (χ0) is 19.6. The van der Waals surface area contributed by atoms with Crippen molar-refractivity contribution in [2.75, 3.05) is 6.61 Å². The lowest BCUT2D eigenvalue weighted by atomic mass is 9.60. The second kappa shape index (κ2) is 7.80. The summed E-state index contributed by atoms with van der Waals surface area (Å²) in [5.74, 6) is -2.74. The highest BCUT2D eigenvalue weighted by Crippen LogP contribution is 2.50. The fourth-order valence-corrected chi connectivity index (χ4v) is 4.29. The molecule has 1 N–H and O–H groups in total. The van der Waals surface area contributed by atoms with Crippen molar-refractivity contribution >= 4 is 40.9 Å². The quantitative estimate of drug-likeness (QED) is 0.733. The van der Waals surface area contributed by atoms with Gasteiger partial charge < -0.3 is 9.84 Å². The van der Waals surface area contributed by atoms with Crippen LogP contribution in [0.5, 0.6) is 0 Å². The van der Waals surface area contributed by atoms with Crippen molar-refractivity contribution in [1.29, 1.82) is 0 Å². The van der Waals surface area contributed by atoms with Gasteiger partial charge in [0.25, 0.3) is 0 Å². The highest BCUT2D eigenvalue weighted by atomic mass is 35.5. The van der Waals surface area contributed by atoms with Crippen molar-refractivity contribution in [2.45, 2.75) is 39.5 Å². The third kappa shape index (κ3) is 3.26. The third-order valence-corrected chi connectivity index (χ3v) is 5.32. The maximum Gasteiger partial charge on any atom is 0.336 e. The van der Waals surface area contributed by atoms with Crippen LogP contribution in [0.2, 0.25) is 10.0 Å². The van der Waals surface area contributed by atoms with Gasteiger partial charge in [-0.3, -0.25) is 9.79 Å². The Bertz CT molecular complexity index is 816. The number of carbonyl (C=O) groups excluding carboxylic acids is 1. The van der Waals surface area contributed by atoms with Crippen molar-refractivity contribution in [3.8, 4) is 0 Å². The summed E-state index contributed by atoms with van der Waals surface area (Å²) >= 11 is 12.6. The van der Waals surface area contributed by atoms with E-state index in [4.69, 9.17) is 27.9 Å². The molecule has 26 heavy (non-hydrogen) atoms. The molecule has 0 fully saturated rings. The summed E-state index contributed by atoms with van der Waals surface area (Å²) in [5, 5.41) is 10.7. The summed E-state index contributed by atoms with van der Waals surface area (Å²) in [4.78, 5) is 29.3. The molecule has 0 spiro atoms. The molecule has 2 atom stereocenters. The van der Waals surface area contributed by atoms with Crippen LogP contribution in [-0.2, 0) is 19.7 Å². The Morgan fingerprint density at radius 2 is 1.92 bits per heavy atom. The normalized spacial score (nSPS) is 22.8. The molecule has 0 aliphatic carbocycles. The number of carboxylic acid groups (broad SMARTS) is 1. The molecule has 1 aromatic rings. The van der Waals surface area contributed by atoms with Crippen LogP contribution < -0.4 is 0 Å². The van der Waals surface area contributed by atoms with Crippen LogP contribution in [0.1, 0.15) is 39.7 Å². The van der Waals surface area contributed by atoms with E-state index in [1.807, 2.05) is 6.92 Å². The van der Waals surface area contributed by atoms with Crippen LogP contribution in [0.4, 0.5) is 0 Å². The molecule has 0 saturated carbocycles. The van der Waals surface area contributed by atoms with Gasteiger partial charge in [0.1, 0.15) is 5.92 Å². The molecule has 1 aliphatic heterocycles. The molecular weight excluding hydrogens is 377 g/mol. The van der Waals surface area contributed by atoms with E-state index in [2.05, 4.69) is 4.99 Å². The van der Waals surface area contributed by atoms with Crippen LogP contribution in [0.15, 0.2) is 34.5 Å². The highest BCUT2D eigenvalue weighted by Gasteiger charge is 2.54. The average molecular weight is 398 g/mol. The minimum absolute atomic E-state index is 0.166. The molecule has 0 amide bonds. The number of benzene rings is 1. The van der Waals surface area contributed by atoms with E-state index in [1.54, 1.807) is 39.0 Å². The summed E-state index contributed by atoms with van der Waals surface area (Å²) in [6, 6.07) is 4.85. The Hall–Kier alpha value is -1.85.